The van der Waals surface area contributed by atoms with E-state index in [9.17, 15) is 13.2 Å². The van der Waals surface area contributed by atoms with E-state index < -0.39 is 22.0 Å². The Morgan fingerprint density at radius 1 is 1.00 bits per heavy atom. The molecule has 1 amide bonds. The van der Waals surface area contributed by atoms with Gasteiger partial charge in [0.15, 0.2) is 0 Å². The lowest BCUT2D eigenvalue weighted by Gasteiger charge is -2.19. The molecule has 1 atom stereocenters. The zero-order valence-corrected chi connectivity index (χ0v) is 19.0. The summed E-state index contributed by atoms with van der Waals surface area (Å²) >= 11 is 0.943. The van der Waals surface area contributed by atoms with Crippen LogP contribution in [0, 0.1) is 6.92 Å². The molecular weight excluding hydrogens is 444 g/mol. The lowest BCUT2D eigenvalue weighted by Crippen LogP contribution is -2.41. The molecule has 0 aliphatic heterocycles. The highest BCUT2D eigenvalue weighted by Crippen LogP contribution is 2.23. The minimum atomic E-state index is -4.04. The van der Waals surface area contributed by atoms with Gasteiger partial charge in [-0.15, -0.1) is 0 Å². The fourth-order valence-electron chi connectivity index (χ4n) is 3.44. The maximum absolute atomic E-state index is 13.2. The third kappa shape index (κ3) is 5.01. The van der Waals surface area contributed by atoms with E-state index in [0.29, 0.717) is 24.0 Å². The first kappa shape index (κ1) is 22.1. The van der Waals surface area contributed by atoms with Crippen molar-refractivity contribution in [2.45, 2.75) is 24.3 Å². The molecule has 1 aromatic heterocycles. The number of rotatable bonds is 8. The van der Waals surface area contributed by atoms with E-state index in [1.807, 2.05) is 31.2 Å². The monoisotopic (exact) mass is 466 g/mol. The number of fused-ring (bicyclic) bond motifs is 1. The van der Waals surface area contributed by atoms with Crippen LogP contribution in [0.2, 0.25) is 0 Å². The summed E-state index contributed by atoms with van der Waals surface area (Å²) in [6.45, 7) is 2.40. The Labute approximate surface area is 190 Å². The van der Waals surface area contributed by atoms with Crippen molar-refractivity contribution in [1.82, 2.24) is 18.8 Å². The molecule has 0 spiro atoms. The highest BCUT2D eigenvalue weighted by Gasteiger charge is 2.29. The highest BCUT2D eigenvalue weighted by molar-refractivity contribution is 7.89. The Morgan fingerprint density at radius 2 is 1.78 bits per heavy atom. The lowest BCUT2D eigenvalue weighted by atomic mass is 10.1. The van der Waals surface area contributed by atoms with Gasteiger partial charge >= 0.3 is 0 Å². The van der Waals surface area contributed by atoms with Gasteiger partial charge in [0.25, 0.3) is 0 Å². The summed E-state index contributed by atoms with van der Waals surface area (Å²) in [6, 6.07) is 20.5. The molecule has 1 heterocycles. The highest BCUT2D eigenvalue weighted by atomic mass is 32.2. The summed E-state index contributed by atoms with van der Waals surface area (Å²) in [4.78, 5) is 13.1. The Kier molecular flexibility index (Phi) is 6.59. The summed E-state index contributed by atoms with van der Waals surface area (Å²) in [5.41, 5.74) is 3.58. The van der Waals surface area contributed by atoms with Gasteiger partial charge in [-0.2, -0.15) is 13.5 Å². The molecule has 7 nitrogen and oxygen atoms in total. The van der Waals surface area contributed by atoms with Crippen molar-refractivity contribution in [3.63, 3.8) is 0 Å². The summed E-state index contributed by atoms with van der Waals surface area (Å²) in [7, 11) is -4.04. The Balaban J connectivity index is 1.55. The molecular formula is C23H22N4O3S2. The number of sulfonamides is 1. The first-order valence-electron chi connectivity index (χ1n) is 10.1. The van der Waals surface area contributed by atoms with Crippen LogP contribution in [0.15, 0.2) is 77.7 Å². The minimum absolute atomic E-state index is 0.00255. The first-order valence-corrected chi connectivity index (χ1v) is 12.3. The van der Waals surface area contributed by atoms with E-state index in [0.717, 1.165) is 22.9 Å². The van der Waals surface area contributed by atoms with E-state index >= 15 is 0 Å². The molecule has 0 bridgehead atoms. The SMILES string of the molecule is Cc1cccc(CCNC(=O)C(NS(=O)(=O)c2cccc3nsnc23)c2ccccc2)c1. The molecule has 164 valence electrons. The molecule has 3 aromatic carbocycles. The van der Waals surface area contributed by atoms with Crippen LogP contribution < -0.4 is 10.0 Å². The summed E-state index contributed by atoms with van der Waals surface area (Å²) in [5, 5.41) is 2.86. The number of aromatic nitrogens is 2. The van der Waals surface area contributed by atoms with Crippen LogP contribution in [-0.2, 0) is 21.2 Å². The van der Waals surface area contributed by atoms with Gasteiger partial charge in [0, 0.05) is 6.54 Å². The van der Waals surface area contributed by atoms with Crippen LogP contribution in [0.4, 0.5) is 0 Å². The van der Waals surface area contributed by atoms with E-state index in [-0.39, 0.29) is 10.4 Å². The number of hydrogen-bond donors (Lipinski definition) is 2. The predicted molar refractivity (Wildman–Crippen MR) is 125 cm³/mol. The third-order valence-electron chi connectivity index (χ3n) is 5.00. The van der Waals surface area contributed by atoms with Gasteiger partial charge < -0.3 is 5.32 Å². The average molecular weight is 467 g/mol. The van der Waals surface area contributed by atoms with Gasteiger partial charge in [0.1, 0.15) is 22.0 Å². The van der Waals surface area contributed by atoms with Gasteiger partial charge in [-0.25, -0.2) is 8.42 Å². The van der Waals surface area contributed by atoms with Crippen molar-refractivity contribution < 1.29 is 13.2 Å². The van der Waals surface area contributed by atoms with Crippen LogP contribution in [0.3, 0.4) is 0 Å². The van der Waals surface area contributed by atoms with Gasteiger partial charge in [0.2, 0.25) is 15.9 Å². The Bertz CT molecular complexity index is 1340. The molecule has 4 aromatic rings. The first-order chi connectivity index (χ1) is 15.4. The van der Waals surface area contributed by atoms with Crippen LogP contribution in [-0.4, -0.2) is 29.6 Å². The number of nitrogens with zero attached hydrogens (tertiary/aromatic N) is 2. The molecule has 2 N–H and O–H groups in total. The molecule has 32 heavy (non-hydrogen) atoms. The largest absolute Gasteiger partial charge is 0.354 e. The number of carbonyl (C=O) groups is 1. The summed E-state index contributed by atoms with van der Waals surface area (Å²) in [5.74, 6) is -0.420. The molecule has 0 aliphatic carbocycles. The standard InChI is InChI=1S/C23H22N4O3S2/c1-16-7-5-8-17(15-16)13-14-24-23(28)21(18-9-3-2-4-10-18)27-32(29,30)20-12-6-11-19-22(20)26-31-25-19/h2-12,15,21,27H,13-14H2,1H3,(H,24,28). The van der Waals surface area contributed by atoms with Gasteiger partial charge in [0.05, 0.1) is 11.7 Å². The Morgan fingerprint density at radius 3 is 2.56 bits per heavy atom. The number of amides is 1. The zero-order valence-electron chi connectivity index (χ0n) is 17.4. The van der Waals surface area contributed by atoms with Crippen molar-refractivity contribution in [3.05, 3.63) is 89.5 Å². The van der Waals surface area contributed by atoms with Crippen molar-refractivity contribution in [2.24, 2.45) is 0 Å². The van der Waals surface area contributed by atoms with Crippen LogP contribution >= 0.6 is 11.7 Å². The average Bonchev–Trinajstić information content (AvgIpc) is 3.27. The smallest absolute Gasteiger partial charge is 0.243 e. The summed E-state index contributed by atoms with van der Waals surface area (Å²) < 4.78 is 37.2. The lowest BCUT2D eigenvalue weighted by molar-refractivity contribution is -0.122. The molecule has 9 heteroatoms. The van der Waals surface area contributed by atoms with Gasteiger partial charge in [-0.3, -0.25) is 4.79 Å². The molecule has 1 unspecified atom stereocenters. The topological polar surface area (TPSA) is 101 Å². The third-order valence-corrected chi connectivity index (χ3v) is 7.00. The van der Waals surface area contributed by atoms with Crippen molar-refractivity contribution in [2.75, 3.05) is 6.54 Å². The second kappa shape index (κ2) is 9.56. The maximum Gasteiger partial charge on any atom is 0.243 e. The number of benzene rings is 3. The van der Waals surface area contributed by atoms with E-state index in [1.165, 1.54) is 6.07 Å². The van der Waals surface area contributed by atoms with Crippen LogP contribution in [0.1, 0.15) is 22.7 Å². The van der Waals surface area contributed by atoms with Crippen molar-refractivity contribution in [1.29, 1.82) is 0 Å². The maximum atomic E-state index is 13.2. The number of hydrogen-bond acceptors (Lipinski definition) is 6. The zero-order chi connectivity index (χ0) is 22.6. The van der Waals surface area contributed by atoms with E-state index in [1.54, 1.807) is 36.4 Å². The second-order valence-electron chi connectivity index (χ2n) is 7.38. The van der Waals surface area contributed by atoms with Gasteiger partial charge in [-0.1, -0.05) is 66.2 Å². The number of aryl methyl sites for hydroxylation is 1. The fourth-order valence-corrected chi connectivity index (χ4v) is 5.39. The van der Waals surface area contributed by atoms with Crippen LogP contribution in [0.25, 0.3) is 11.0 Å². The molecule has 0 saturated carbocycles. The number of carbonyl (C=O) groups excluding carboxylic acids is 1. The predicted octanol–water partition coefficient (Wildman–Crippen LogP) is 3.38. The fraction of sp³-hybridized carbons (Fsp3) is 0.174. The molecule has 0 aliphatic rings. The second-order valence-corrected chi connectivity index (χ2v) is 9.59. The minimum Gasteiger partial charge on any atom is -0.354 e. The van der Waals surface area contributed by atoms with E-state index in [4.69, 9.17) is 0 Å². The number of nitrogens with one attached hydrogen (secondary N) is 2. The van der Waals surface area contributed by atoms with Crippen molar-refractivity contribution >= 4 is 38.7 Å². The molecule has 4 rings (SSSR count). The quantitative estimate of drug-likeness (QED) is 0.415. The summed E-state index contributed by atoms with van der Waals surface area (Å²) in [6.07, 6.45) is 0.644. The van der Waals surface area contributed by atoms with E-state index in [2.05, 4.69) is 24.9 Å². The van der Waals surface area contributed by atoms with Gasteiger partial charge in [-0.05, 0) is 36.6 Å². The Hall–Kier alpha value is -3.14. The molecule has 0 radical (unpaired) electrons. The molecule has 0 saturated heterocycles. The molecule has 0 fully saturated rings. The normalized spacial score (nSPS) is 12.5. The van der Waals surface area contributed by atoms with Crippen molar-refractivity contribution in [3.8, 4) is 0 Å². The van der Waals surface area contributed by atoms with Crippen LogP contribution in [0.5, 0.6) is 0 Å².